The zero-order chi connectivity index (χ0) is 23.2. The third-order valence-electron chi connectivity index (χ3n) is 5.80. The Morgan fingerprint density at radius 1 is 1.03 bits per heavy atom. The van der Waals surface area contributed by atoms with Crippen LogP contribution >= 0.6 is 0 Å². The van der Waals surface area contributed by atoms with Crippen molar-refractivity contribution in [1.29, 1.82) is 0 Å². The van der Waals surface area contributed by atoms with Crippen LogP contribution in [0.15, 0.2) is 54.6 Å². The number of hydrogen-bond acceptors (Lipinski definition) is 4. The Balaban J connectivity index is 1.19. The quantitative estimate of drug-likeness (QED) is 0.606. The fraction of sp³-hybridized carbons (Fsp3) is 0.320. The molecule has 0 unspecified atom stereocenters. The topological polar surface area (TPSA) is 77.6 Å². The van der Waals surface area contributed by atoms with Crippen molar-refractivity contribution in [2.24, 2.45) is 0 Å². The van der Waals surface area contributed by atoms with Gasteiger partial charge in [0.2, 0.25) is 5.91 Å². The van der Waals surface area contributed by atoms with Gasteiger partial charge in [-0.3, -0.25) is 14.7 Å². The molecule has 1 saturated heterocycles. The monoisotopic (exact) mass is 449 g/mol. The van der Waals surface area contributed by atoms with Crippen molar-refractivity contribution in [3.63, 3.8) is 0 Å². The van der Waals surface area contributed by atoms with Gasteiger partial charge in [-0.05, 0) is 36.8 Å². The van der Waals surface area contributed by atoms with E-state index in [0.29, 0.717) is 26.2 Å². The molecule has 1 aromatic heterocycles. The van der Waals surface area contributed by atoms with E-state index in [0.717, 1.165) is 40.9 Å². The van der Waals surface area contributed by atoms with Crippen LogP contribution in [-0.4, -0.2) is 66.0 Å². The van der Waals surface area contributed by atoms with Crippen LogP contribution < -0.4 is 10.6 Å². The lowest BCUT2D eigenvalue weighted by molar-refractivity contribution is -0.132. The first-order valence-corrected chi connectivity index (χ1v) is 11.1. The highest BCUT2D eigenvalue weighted by molar-refractivity contribution is 6.00. The maximum absolute atomic E-state index is 13.0. The van der Waals surface area contributed by atoms with E-state index in [-0.39, 0.29) is 24.2 Å². The van der Waals surface area contributed by atoms with E-state index in [1.54, 1.807) is 12.1 Å². The van der Waals surface area contributed by atoms with Crippen LogP contribution in [0.3, 0.4) is 0 Å². The summed E-state index contributed by atoms with van der Waals surface area (Å²) >= 11 is 0. The van der Waals surface area contributed by atoms with Gasteiger partial charge in [-0.1, -0.05) is 30.3 Å². The molecule has 4 rings (SSSR count). The number of amides is 3. The second-order valence-electron chi connectivity index (χ2n) is 8.23. The predicted molar refractivity (Wildman–Crippen MR) is 127 cm³/mol. The highest BCUT2D eigenvalue weighted by Crippen LogP contribution is 2.22. The molecule has 0 bridgehead atoms. The molecule has 0 atom stereocenters. The Bertz CT molecular complexity index is 1130. The number of urea groups is 1. The van der Waals surface area contributed by atoms with E-state index in [4.69, 9.17) is 0 Å². The molecule has 0 spiro atoms. The number of carbonyl (C=O) groups is 2. The van der Waals surface area contributed by atoms with Crippen LogP contribution in [0.25, 0.3) is 10.9 Å². The van der Waals surface area contributed by atoms with Gasteiger partial charge in [-0.25, -0.2) is 9.18 Å². The van der Waals surface area contributed by atoms with E-state index >= 15 is 0 Å². The molecule has 1 aliphatic heterocycles. The van der Waals surface area contributed by atoms with Gasteiger partial charge in [-0.15, -0.1) is 0 Å². The molecule has 2 N–H and O–H groups in total. The number of aromatic nitrogens is 1. The third kappa shape index (κ3) is 6.04. The molecule has 0 aliphatic carbocycles. The summed E-state index contributed by atoms with van der Waals surface area (Å²) in [5.74, 6) is -0.245. The zero-order valence-corrected chi connectivity index (χ0v) is 18.7. The number of pyridine rings is 1. The fourth-order valence-corrected chi connectivity index (χ4v) is 4.01. The number of nitrogens with one attached hydrogen (secondary N) is 2. The number of para-hydroxylation sites is 1. The fourth-order valence-electron chi connectivity index (χ4n) is 4.01. The SMILES string of the molecule is Cc1cc(NC(=O)NCCN2CCN(C(=O)Cc3ccc(F)cc3)CC2)c2ccccc2n1. The maximum Gasteiger partial charge on any atom is 0.319 e. The smallest absolute Gasteiger partial charge is 0.319 e. The summed E-state index contributed by atoms with van der Waals surface area (Å²) in [5.41, 5.74) is 3.25. The van der Waals surface area contributed by atoms with E-state index in [9.17, 15) is 14.0 Å². The second kappa shape index (κ2) is 10.4. The van der Waals surface area contributed by atoms with Gasteiger partial charge >= 0.3 is 6.03 Å². The summed E-state index contributed by atoms with van der Waals surface area (Å²) < 4.78 is 13.0. The Morgan fingerprint density at radius 2 is 1.76 bits per heavy atom. The average Bonchev–Trinajstić information content (AvgIpc) is 2.81. The van der Waals surface area contributed by atoms with Crippen LogP contribution in [0.5, 0.6) is 0 Å². The molecular formula is C25H28FN5O2. The maximum atomic E-state index is 13.0. The molecule has 3 amide bonds. The number of aryl methyl sites for hydroxylation is 1. The molecule has 1 aliphatic rings. The van der Waals surface area contributed by atoms with Gasteiger partial charge in [0.25, 0.3) is 0 Å². The van der Waals surface area contributed by atoms with Crippen molar-refractivity contribution >= 4 is 28.5 Å². The van der Waals surface area contributed by atoms with Crippen LogP contribution in [0.1, 0.15) is 11.3 Å². The lowest BCUT2D eigenvalue weighted by atomic mass is 10.1. The number of nitrogens with zero attached hydrogens (tertiary/aromatic N) is 3. The van der Waals surface area contributed by atoms with E-state index in [1.165, 1.54) is 12.1 Å². The molecule has 1 fully saturated rings. The summed E-state index contributed by atoms with van der Waals surface area (Å²) in [7, 11) is 0. The number of hydrogen-bond donors (Lipinski definition) is 2. The Morgan fingerprint density at radius 3 is 2.52 bits per heavy atom. The molecule has 172 valence electrons. The molecule has 7 nitrogen and oxygen atoms in total. The molecule has 2 aromatic carbocycles. The van der Waals surface area contributed by atoms with Gasteiger partial charge in [0.1, 0.15) is 5.82 Å². The van der Waals surface area contributed by atoms with E-state index in [1.807, 2.05) is 42.2 Å². The first kappa shape index (κ1) is 22.7. The number of benzene rings is 2. The summed E-state index contributed by atoms with van der Waals surface area (Å²) in [6.45, 7) is 5.93. The number of fused-ring (bicyclic) bond motifs is 1. The number of carbonyl (C=O) groups excluding carboxylic acids is 2. The van der Waals surface area contributed by atoms with Crippen molar-refractivity contribution < 1.29 is 14.0 Å². The normalized spacial score (nSPS) is 14.3. The summed E-state index contributed by atoms with van der Waals surface area (Å²) in [5, 5.41) is 6.74. The molecule has 0 saturated carbocycles. The second-order valence-corrected chi connectivity index (χ2v) is 8.23. The summed E-state index contributed by atoms with van der Waals surface area (Å²) in [6, 6.07) is 15.4. The summed E-state index contributed by atoms with van der Waals surface area (Å²) in [4.78, 5) is 33.5. The van der Waals surface area contributed by atoms with Crippen LogP contribution in [-0.2, 0) is 11.2 Å². The molecule has 33 heavy (non-hydrogen) atoms. The van der Waals surface area contributed by atoms with Crippen LogP contribution in [0, 0.1) is 12.7 Å². The number of piperazine rings is 1. The van der Waals surface area contributed by atoms with Crippen molar-refractivity contribution in [3.8, 4) is 0 Å². The molecule has 3 aromatic rings. The number of rotatable bonds is 6. The lowest BCUT2D eigenvalue weighted by Crippen LogP contribution is -2.50. The molecular weight excluding hydrogens is 421 g/mol. The van der Waals surface area contributed by atoms with Crippen LogP contribution in [0.4, 0.5) is 14.9 Å². The Labute approximate surface area is 192 Å². The van der Waals surface area contributed by atoms with Gasteiger partial charge in [-0.2, -0.15) is 0 Å². The Hall–Kier alpha value is -3.52. The standard InChI is InChI=1S/C25H28FN5O2/c1-18-16-23(21-4-2-3-5-22(21)28-18)29-25(33)27-10-11-30-12-14-31(15-13-30)24(32)17-19-6-8-20(26)9-7-19/h2-9,16H,10-15,17H2,1H3,(H2,27,28,29,33). The molecule has 8 heteroatoms. The zero-order valence-electron chi connectivity index (χ0n) is 18.7. The largest absolute Gasteiger partial charge is 0.340 e. The first-order valence-electron chi connectivity index (χ1n) is 11.1. The lowest BCUT2D eigenvalue weighted by Gasteiger charge is -2.34. The van der Waals surface area contributed by atoms with Crippen LogP contribution in [0.2, 0.25) is 0 Å². The highest BCUT2D eigenvalue weighted by Gasteiger charge is 2.21. The molecule has 2 heterocycles. The first-order chi connectivity index (χ1) is 16.0. The number of anilines is 1. The molecule has 0 radical (unpaired) electrons. The predicted octanol–water partition coefficient (Wildman–Crippen LogP) is 3.19. The average molecular weight is 450 g/mol. The minimum absolute atomic E-state index is 0.0543. The van der Waals surface area contributed by atoms with Crippen molar-refractivity contribution in [1.82, 2.24) is 20.1 Å². The van der Waals surface area contributed by atoms with Crippen molar-refractivity contribution in [2.45, 2.75) is 13.3 Å². The van der Waals surface area contributed by atoms with Gasteiger partial charge in [0.15, 0.2) is 0 Å². The number of halogens is 1. The highest BCUT2D eigenvalue weighted by atomic mass is 19.1. The van der Waals surface area contributed by atoms with Gasteiger partial charge in [0, 0.05) is 50.3 Å². The minimum Gasteiger partial charge on any atom is -0.340 e. The van der Waals surface area contributed by atoms with E-state index < -0.39 is 0 Å². The van der Waals surface area contributed by atoms with Gasteiger partial charge < -0.3 is 15.5 Å². The van der Waals surface area contributed by atoms with E-state index in [2.05, 4.69) is 20.5 Å². The minimum atomic E-state index is -0.300. The van der Waals surface area contributed by atoms with Crippen molar-refractivity contribution in [3.05, 3.63) is 71.7 Å². The van der Waals surface area contributed by atoms with Gasteiger partial charge in [0.05, 0.1) is 17.6 Å². The Kier molecular flexibility index (Phi) is 7.14. The van der Waals surface area contributed by atoms with Crippen molar-refractivity contribution in [2.75, 3.05) is 44.6 Å². The summed E-state index contributed by atoms with van der Waals surface area (Å²) in [6.07, 6.45) is 0.283. The third-order valence-corrected chi connectivity index (χ3v) is 5.80.